The standard InChI is InChI=1S/C23H24N8/c1-30(2)9-10-31-22-15(13-27-31)11-16(12-19(22)24)28-23-25-8-7-21(29-23)18-14-26-20-6-4-3-5-17(18)20/h3-8,11-14,26H,9-10,24H2,1-2H3,(H,25,28,29). The molecule has 8 heteroatoms. The van der Waals surface area contributed by atoms with Crippen LogP contribution < -0.4 is 11.1 Å². The molecule has 0 saturated heterocycles. The van der Waals surface area contributed by atoms with E-state index in [2.05, 4.69) is 37.4 Å². The number of likely N-dealkylation sites (N-methyl/N-ethyl adjacent to an activating group) is 1. The number of hydrogen-bond acceptors (Lipinski definition) is 6. The van der Waals surface area contributed by atoms with Crippen LogP contribution in [0.5, 0.6) is 0 Å². The molecule has 2 aromatic carbocycles. The second kappa shape index (κ2) is 7.73. The average molecular weight is 413 g/mol. The van der Waals surface area contributed by atoms with Crippen molar-refractivity contribution < 1.29 is 0 Å². The Balaban J connectivity index is 1.44. The first kappa shape index (κ1) is 19.1. The van der Waals surface area contributed by atoms with Crippen molar-refractivity contribution in [2.24, 2.45) is 0 Å². The van der Waals surface area contributed by atoms with Gasteiger partial charge in [-0.2, -0.15) is 5.10 Å². The van der Waals surface area contributed by atoms with Crippen molar-refractivity contribution in [3.8, 4) is 11.3 Å². The Morgan fingerprint density at radius 1 is 1.16 bits per heavy atom. The number of nitrogens with zero attached hydrogens (tertiary/aromatic N) is 5. The first-order chi connectivity index (χ1) is 15.1. The number of para-hydroxylation sites is 1. The van der Waals surface area contributed by atoms with Gasteiger partial charge in [0.2, 0.25) is 5.95 Å². The van der Waals surface area contributed by atoms with E-state index in [0.29, 0.717) is 11.6 Å². The molecule has 5 rings (SSSR count). The van der Waals surface area contributed by atoms with Crippen LogP contribution in [-0.4, -0.2) is 50.3 Å². The molecule has 8 nitrogen and oxygen atoms in total. The summed E-state index contributed by atoms with van der Waals surface area (Å²) in [6.45, 7) is 1.67. The summed E-state index contributed by atoms with van der Waals surface area (Å²) in [5.74, 6) is 0.515. The van der Waals surface area contributed by atoms with Crippen LogP contribution >= 0.6 is 0 Å². The third-order valence-corrected chi connectivity index (χ3v) is 5.30. The molecule has 3 aromatic heterocycles. The lowest BCUT2D eigenvalue weighted by molar-refractivity contribution is 0.377. The van der Waals surface area contributed by atoms with Crippen molar-refractivity contribution in [2.75, 3.05) is 31.7 Å². The third-order valence-electron chi connectivity index (χ3n) is 5.30. The van der Waals surface area contributed by atoms with Gasteiger partial charge in [0, 0.05) is 46.5 Å². The number of nitrogens with one attached hydrogen (secondary N) is 2. The fourth-order valence-electron chi connectivity index (χ4n) is 3.78. The first-order valence-corrected chi connectivity index (χ1v) is 10.1. The Morgan fingerprint density at radius 2 is 2.03 bits per heavy atom. The van der Waals surface area contributed by atoms with Gasteiger partial charge in [-0.05, 0) is 38.4 Å². The lowest BCUT2D eigenvalue weighted by Gasteiger charge is -2.12. The molecule has 4 N–H and O–H groups in total. The number of aromatic nitrogens is 5. The molecule has 0 unspecified atom stereocenters. The summed E-state index contributed by atoms with van der Waals surface area (Å²) in [7, 11) is 4.09. The maximum atomic E-state index is 6.37. The fraction of sp³-hybridized carbons (Fsp3) is 0.174. The summed E-state index contributed by atoms with van der Waals surface area (Å²) in [5, 5.41) is 9.90. The predicted octanol–water partition coefficient (Wildman–Crippen LogP) is 3.86. The lowest BCUT2D eigenvalue weighted by Crippen LogP contribution is -2.19. The molecule has 3 heterocycles. The molecule has 0 radical (unpaired) electrons. The summed E-state index contributed by atoms with van der Waals surface area (Å²) >= 11 is 0. The highest BCUT2D eigenvalue weighted by atomic mass is 15.3. The van der Waals surface area contributed by atoms with Gasteiger partial charge in [0.15, 0.2) is 0 Å². The zero-order valence-electron chi connectivity index (χ0n) is 17.5. The molecule has 31 heavy (non-hydrogen) atoms. The Bertz CT molecular complexity index is 1360. The van der Waals surface area contributed by atoms with Crippen LogP contribution in [0.15, 0.2) is 61.1 Å². The van der Waals surface area contributed by atoms with Gasteiger partial charge in [-0.15, -0.1) is 0 Å². The quantitative estimate of drug-likeness (QED) is 0.366. The highest BCUT2D eigenvalue weighted by Gasteiger charge is 2.11. The van der Waals surface area contributed by atoms with Gasteiger partial charge in [-0.3, -0.25) is 4.68 Å². The highest BCUT2D eigenvalue weighted by molar-refractivity contribution is 5.95. The van der Waals surface area contributed by atoms with Crippen LogP contribution in [-0.2, 0) is 6.54 Å². The van der Waals surface area contributed by atoms with E-state index in [1.54, 1.807) is 6.20 Å². The van der Waals surface area contributed by atoms with E-state index >= 15 is 0 Å². The second-order valence-electron chi connectivity index (χ2n) is 7.81. The molecule has 0 amide bonds. The number of fused-ring (bicyclic) bond motifs is 2. The molecular weight excluding hydrogens is 388 g/mol. The van der Waals surface area contributed by atoms with Crippen molar-refractivity contribution in [1.29, 1.82) is 0 Å². The number of anilines is 3. The topological polar surface area (TPSA) is 101 Å². The minimum Gasteiger partial charge on any atom is -0.397 e. The summed E-state index contributed by atoms with van der Waals surface area (Å²) < 4.78 is 1.95. The number of H-pyrrole nitrogens is 1. The Kier molecular flexibility index (Phi) is 4.76. The van der Waals surface area contributed by atoms with Crippen LogP contribution in [0.1, 0.15) is 0 Å². The van der Waals surface area contributed by atoms with Gasteiger partial charge in [-0.25, -0.2) is 9.97 Å². The van der Waals surface area contributed by atoms with Crippen LogP contribution in [0.2, 0.25) is 0 Å². The number of nitrogens with two attached hydrogens (primary N) is 1. The average Bonchev–Trinajstić information content (AvgIpc) is 3.37. The number of hydrogen-bond donors (Lipinski definition) is 3. The van der Waals surface area contributed by atoms with E-state index in [9.17, 15) is 0 Å². The van der Waals surface area contributed by atoms with E-state index in [1.165, 1.54) is 0 Å². The minimum absolute atomic E-state index is 0.515. The van der Waals surface area contributed by atoms with Gasteiger partial charge in [0.1, 0.15) is 0 Å². The summed E-state index contributed by atoms with van der Waals surface area (Å²) in [6, 6.07) is 14.0. The normalized spacial score (nSPS) is 11.6. The molecule has 0 aliphatic carbocycles. The van der Waals surface area contributed by atoms with Crippen LogP contribution in [0.3, 0.4) is 0 Å². The van der Waals surface area contributed by atoms with Crippen molar-refractivity contribution in [3.63, 3.8) is 0 Å². The smallest absolute Gasteiger partial charge is 0.227 e. The number of rotatable bonds is 6. The van der Waals surface area contributed by atoms with Crippen LogP contribution in [0.25, 0.3) is 33.1 Å². The molecule has 5 aromatic rings. The molecule has 0 aliphatic heterocycles. The molecule has 0 atom stereocenters. The lowest BCUT2D eigenvalue weighted by atomic mass is 10.1. The van der Waals surface area contributed by atoms with E-state index in [1.807, 2.05) is 61.5 Å². The number of benzene rings is 2. The van der Waals surface area contributed by atoms with E-state index in [-0.39, 0.29) is 0 Å². The zero-order valence-corrected chi connectivity index (χ0v) is 17.5. The Hall–Kier alpha value is -3.91. The van der Waals surface area contributed by atoms with Crippen LogP contribution in [0.4, 0.5) is 17.3 Å². The van der Waals surface area contributed by atoms with Crippen LogP contribution in [0, 0.1) is 0 Å². The molecular formula is C23H24N8. The van der Waals surface area contributed by atoms with Gasteiger partial charge < -0.3 is 20.9 Å². The fourth-order valence-corrected chi connectivity index (χ4v) is 3.78. The highest BCUT2D eigenvalue weighted by Crippen LogP contribution is 2.29. The largest absolute Gasteiger partial charge is 0.397 e. The second-order valence-corrected chi connectivity index (χ2v) is 7.81. The molecule has 156 valence electrons. The molecule has 0 spiro atoms. The monoisotopic (exact) mass is 412 g/mol. The maximum Gasteiger partial charge on any atom is 0.227 e. The van der Waals surface area contributed by atoms with Gasteiger partial charge >= 0.3 is 0 Å². The van der Waals surface area contributed by atoms with E-state index in [0.717, 1.165) is 51.8 Å². The summed E-state index contributed by atoms with van der Waals surface area (Å²) in [4.78, 5) is 14.5. The first-order valence-electron chi connectivity index (χ1n) is 10.1. The van der Waals surface area contributed by atoms with Crippen molar-refractivity contribution >= 4 is 39.1 Å². The minimum atomic E-state index is 0.515. The molecule has 0 fully saturated rings. The molecule has 0 aliphatic rings. The predicted molar refractivity (Wildman–Crippen MR) is 125 cm³/mol. The molecule has 0 saturated carbocycles. The molecule has 0 bridgehead atoms. The Morgan fingerprint density at radius 3 is 2.90 bits per heavy atom. The van der Waals surface area contributed by atoms with Gasteiger partial charge in [-0.1, -0.05) is 18.2 Å². The van der Waals surface area contributed by atoms with Gasteiger partial charge in [0.05, 0.1) is 29.6 Å². The van der Waals surface area contributed by atoms with E-state index < -0.39 is 0 Å². The van der Waals surface area contributed by atoms with Crippen molar-refractivity contribution in [3.05, 3.63) is 61.1 Å². The zero-order chi connectivity index (χ0) is 21.4. The number of nitrogen functional groups attached to an aromatic ring is 1. The van der Waals surface area contributed by atoms with E-state index in [4.69, 9.17) is 10.7 Å². The summed E-state index contributed by atoms with van der Waals surface area (Å²) in [5.41, 5.74) is 11.8. The third kappa shape index (κ3) is 3.69. The van der Waals surface area contributed by atoms with Crippen molar-refractivity contribution in [2.45, 2.75) is 6.54 Å². The maximum absolute atomic E-state index is 6.37. The number of aromatic amines is 1. The van der Waals surface area contributed by atoms with Gasteiger partial charge in [0.25, 0.3) is 0 Å². The summed E-state index contributed by atoms with van der Waals surface area (Å²) in [6.07, 6.45) is 5.58. The Labute approximate surface area is 179 Å². The SMILES string of the molecule is CN(C)CCn1ncc2cc(Nc3nccc(-c4c[nH]c5ccccc45)n3)cc(N)c21. The van der Waals surface area contributed by atoms with Crippen molar-refractivity contribution in [1.82, 2.24) is 29.6 Å².